The van der Waals surface area contributed by atoms with E-state index in [4.69, 9.17) is 14.2 Å². The van der Waals surface area contributed by atoms with Crippen molar-refractivity contribution in [2.75, 3.05) is 7.11 Å². The van der Waals surface area contributed by atoms with Gasteiger partial charge in [0.2, 0.25) is 5.79 Å². The third kappa shape index (κ3) is 8.88. The first-order valence-electron chi connectivity index (χ1n) is 3.26. The van der Waals surface area contributed by atoms with Gasteiger partial charge in [-0.05, 0) is 0 Å². The van der Waals surface area contributed by atoms with Crippen LogP contribution in [0.15, 0.2) is 12.2 Å². The molecule has 1 heterocycles. The molecule has 0 aromatic rings. The summed E-state index contributed by atoms with van der Waals surface area (Å²) in [6, 6.07) is 0. The molecule has 0 aliphatic carbocycles. The monoisotopic (exact) mass is 562 g/mol. The topological polar surface area (TPSA) is 27.7 Å². The van der Waals surface area contributed by atoms with Crippen LogP contribution in [0.3, 0.4) is 0 Å². The third-order valence-electron chi connectivity index (χ3n) is 0.987. The summed E-state index contributed by atoms with van der Waals surface area (Å²) < 4.78 is 14.9. The molecule has 7 heteroatoms. The van der Waals surface area contributed by atoms with Gasteiger partial charge < -0.3 is 14.2 Å². The van der Waals surface area contributed by atoms with Crippen LogP contribution in [-0.2, 0) is 19.1 Å². The van der Waals surface area contributed by atoms with Gasteiger partial charge in [0.15, 0.2) is 6.26 Å². The predicted molar refractivity (Wildman–Crippen MR) is 73.4 cm³/mol. The van der Waals surface area contributed by atoms with Crippen LogP contribution in [0.2, 0.25) is 0 Å². The van der Waals surface area contributed by atoms with Gasteiger partial charge in [-0.3, -0.25) is 0 Å². The van der Waals surface area contributed by atoms with Crippen LogP contribution in [0.5, 0.6) is 0 Å². The molecule has 0 aromatic heterocycles. The Morgan fingerprint density at radius 3 is 2.00 bits per heavy atom. The molecule has 0 bridgehead atoms. The number of ether oxygens (including phenoxy) is 3. The van der Waals surface area contributed by atoms with Crippen molar-refractivity contribution < 1.29 is 19.1 Å². The van der Waals surface area contributed by atoms with Crippen molar-refractivity contribution in [1.82, 2.24) is 0 Å². The summed E-state index contributed by atoms with van der Waals surface area (Å²) in [7, 11) is 1.54. The molecule has 0 N–H and O–H groups in total. The van der Waals surface area contributed by atoms with E-state index in [-0.39, 0.29) is 4.92 Å². The third-order valence-corrected chi connectivity index (χ3v) is 0.987. The second kappa shape index (κ2) is 7.23. The fourth-order valence-electron chi connectivity index (χ4n) is 0.570. The zero-order chi connectivity index (χ0) is 10.5. The maximum absolute atomic E-state index is 5.11. The van der Waals surface area contributed by atoms with E-state index >= 15 is 0 Å². The molecule has 3 nitrogen and oxygen atoms in total. The molecule has 0 atom stereocenters. The first-order valence-corrected chi connectivity index (χ1v) is 16.8. The number of halogens is 3. The van der Waals surface area contributed by atoms with Crippen LogP contribution in [0.25, 0.3) is 0 Å². The average molecular weight is 562 g/mol. The zero-order valence-electron chi connectivity index (χ0n) is 7.38. The SMILES string of the molecule is COC1=COC(C)(C)O1.[I][V]([I])[I]. The van der Waals surface area contributed by atoms with Crippen LogP contribution < -0.4 is 0 Å². The molecular formula is C6H10I3O3V. The van der Waals surface area contributed by atoms with Gasteiger partial charge in [0.25, 0.3) is 0 Å². The Kier molecular flexibility index (Phi) is 8.30. The van der Waals surface area contributed by atoms with Gasteiger partial charge in [-0.15, -0.1) is 0 Å². The molecule has 0 spiro atoms. The van der Waals surface area contributed by atoms with E-state index < -0.39 is 5.79 Å². The second-order valence-electron chi connectivity index (χ2n) is 2.45. The van der Waals surface area contributed by atoms with Gasteiger partial charge in [-0.1, -0.05) is 0 Å². The van der Waals surface area contributed by atoms with Crippen LogP contribution in [-0.4, -0.2) is 12.9 Å². The Balaban J connectivity index is 0.000000310. The van der Waals surface area contributed by atoms with Crippen LogP contribution in [0, 0.1) is 0 Å². The second-order valence-corrected chi connectivity index (χ2v) is 37.8. The van der Waals surface area contributed by atoms with Crippen LogP contribution in [0.4, 0.5) is 0 Å². The predicted octanol–water partition coefficient (Wildman–Crippen LogP) is 3.87. The maximum atomic E-state index is 5.11. The van der Waals surface area contributed by atoms with Crippen molar-refractivity contribution in [3.8, 4) is 0 Å². The van der Waals surface area contributed by atoms with Gasteiger partial charge in [-0.25, -0.2) is 0 Å². The summed E-state index contributed by atoms with van der Waals surface area (Å²) >= 11 is 7.39. The van der Waals surface area contributed by atoms with Crippen molar-refractivity contribution in [3.63, 3.8) is 0 Å². The van der Waals surface area contributed by atoms with E-state index in [1.807, 2.05) is 13.8 Å². The van der Waals surface area contributed by atoms with Crippen LogP contribution in [0.1, 0.15) is 13.8 Å². The molecule has 0 radical (unpaired) electrons. The van der Waals surface area contributed by atoms with Gasteiger partial charge in [0, 0.05) is 13.8 Å². The molecule has 1 rings (SSSR count). The summed E-state index contributed by atoms with van der Waals surface area (Å²) in [6.45, 7) is 3.63. The average Bonchev–Trinajstić information content (AvgIpc) is 2.28. The first kappa shape index (κ1) is 14.9. The molecule has 0 saturated heterocycles. The summed E-state index contributed by atoms with van der Waals surface area (Å²) in [6.07, 6.45) is 1.46. The summed E-state index contributed by atoms with van der Waals surface area (Å²) in [5.41, 5.74) is 0. The summed E-state index contributed by atoms with van der Waals surface area (Å²) in [5.74, 6) is -0.120. The molecule has 1 aliphatic rings. The number of hydrogen-bond acceptors (Lipinski definition) is 3. The molecule has 13 heavy (non-hydrogen) atoms. The molecule has 0 unspecified atom stereocenters. The standard InChI is InChI=1S/C6H10O3.3HI.V/c1-6(2)8-4-5(7-3)9-6;;;;/h4H,1-3H3;3*1H;/q;;;;+3/p-3. The van der Waals surface area contributed by atoms with E-state index in [1.165, 1.54) is 13.4 Å². The fraction of sp³-hybridized carbons (Fsp3) is 0.667. The van der Waals surface area contributed by atoms with Gasteiger partial charge >= 0.3 is 70.8 Å². The number of hydrogen-bond donors (Lipinski definition) is 0. The Bertz CT molecular complexity index is 181. The number of rotatable bonds is 1. The summed E-state index contributed by atoms with van der Waals surface area (Å²) in [4.78, 5) is -0.278. The van der Waals surface area contributed by atoms with E-state index in [9.17, 15) is 0 Å². The van der Waals surface area contributed by atoms with Gasteiger partial charge in [0.1, 0.15) is 0 Å². The van der Waals surface area contributed by atoms with Crippen molar-refractivity contribution in [1.29, 1.82) is 0 Å². The zero-order valence-corrected chi connectivity index (χ0v) is 15.3. The van der Waals surface area contributed by atoms with Crippen LogP contribution >= 0.6 is 59.9 Å². The Morgan fingerprint density at radius 1 is 1.38 bits per heavy atom. The van der Waals surface area contributed by atoms with Crippen molar-refractivity contribution in [2.24, 2.45) is 0 Å². The van der Waals surface area contributed by atoms with Crippen molar-refractivity contribution >= 4 is 59.9 Å². The minimum atomic E-state index is -0.550. The molecule has 0 aromatic carbocycles. The molecular weight excluding hydrogens is 552 g/mol. The minimum absolute atomic E-state index is 0.278. The summed E-state index contributed by atoms with van der Waals surface area (Å²) in [5, 5.41) is 0. The van der Waals surface area contributed by atoms with E-state index in [2.05, 4.69) is 59.9 Å². The first-order chi connectivity index (χ1) is 5.87. The molecule has 0 amide bonds. The number of methoxy groups -OCH3 is 1. The van der Waals surface area contributed by atoms with E-state index in [1.54, 1.807) is 0 Å². The van der Waals surface area contributed by atoms with E-state index in [0.29, 0.717) is 5.95 Å². The van der Waals surface area contributed by atoms with E-state index in [0.717, 1.165) is 0 Å². The Morgan fingerprint density at radius 2 is 1.85 bits per heavy atom. The normalized spacial score (nSPS) is 17.9. The molecule has 0 fully saturated rings. The van der Waals surface area contributed by atoms with Gasteiger partial charge in [0.05, 0.1) is 7.11 Å². The fourth-order valence-corrected chi connectivity index (χ4v) is 0.570. The molecule has 0 saturated carbocycles. The molecule has 78 valence electrons. The van der Waals surface area contributed by atoms with Crippen molar-refractivity contribution in [3.05, 3.63) is 12.2 Å². The Hall–Kier alpha value is 1.91. The van der Waals surface area contributed by atoms with Crippen molar-refractivity contribution in [2.45, 2.75) is 19.6 Å². The molecule has 1 aliphatic heterocycles. The quantitative estimate of drug-likeness (QED) is 0.455. The van der Waals surface area contributed by atoms with Gasteiger partial charge in [-0.2, -0.15) is 0 Å². The Labute approximate surface area is 116 Å².